The van der Waals surface area contributed by atoms with E-state index in [9.17, 15) is 8.42 Å². The molecule has 18 heavy (non-hydrogen) atoms. The molecular weight excluding hydrogens is 316 g/mol. The Morgan fingerprint density at radius 2 is 1.72 bits per heavy atom. The van der Waals surface area contributed by atoms with E-state index in [0.29, 0.717) is 18.8 Å². The van der Waals surface area contributed by atoms with Crippen molar-refractivity contribution in [1.29, 1.82) is 0 Å². The van der Waals surface area contributed by atoms with Crippen LogP contribution in [0, 0.1) is 5.41 Å². The highest BCUT2D eigenvalue weighted by molar-refractivity contribution is 9.09. The van der Waals surface area contributed by atoms with Crippen LogP contribution >= 0.6 is 15.9 Å². The number of hydrogen-bond donors (Lipinski definition) is 0. The van der Waals surface area contributed by atoms with Gasteiger partial charge < -0.3 is 4.74 Å². The molecule has 0 rings (SSSR count). The lowest BCUT2D eigenvalue weighted by Crippen LogP contribution is -2.33. The van der Waals surface area contributed by atoms with Crippen molar-refractivity contribution in [2.45, 2.75) is 46.0 Å². The standard InChI is InChI=1S/C13H27BrO3S/c1-4-7-13(11-14,8-5-2)12-18(15,16)10-6-9-17-3/h4-12H2,1-3H3. The molecular formula is C13H27BrO3S. The molecule has 0 bridgehead atoms. The molecule has 0 unspecified atom stereocenters. The summed E-state index contributed by atoms with van der Waals surface area (Å²) in [7, 11) is -1.38. The zero-order valence-corrected chi connectivity index (χ0v) is 14.3. The van der Waals surface area contributed by atoms with Gasteiger partial charge >= 0.3 is 0 Å². The van der Waals surface area contributed by atoms with E-state index in [1.165, 1.54) is 0 Å². The number of methoxy groups -OCH3 is 1. The minimum absolute atomic E-state index is 0.0879. The van der Waals surface area contributed by atoms with Gasteiger partial charge in [0.2, 0.25) is 0 Å². The highest BCUT2D eigenvalue weighted by Crippen LogP contribution is 2.34. The molecule has 0 aromatic carbocycles. The maximum Gasteiger partial charge on any atom is 0.150 e. The molecule has 0 atom stereocenters. The van der Waals surface area contributed by atoms with Gasteiger partial charge in [0.25, 0.3) is 0 Å². The van der Waals surface area contributed by atoms with E-state index in [0.717, 1.165) is 31.0 Å². The van der Waals surface area contributed by atoms with Gasteiger partial charge in [-0.2, -0.15) is 0 Å². The van der Waals surface area contributed by atoms with Crippen molar-refractivity contribution in [3.8, 4) is 0 Å². The summed E-state index contributed by atoms with van der Waals surface area (Å²) >= 11 is 3.52. The second kappa shape index (κ2) is 9.32. The second-order valence-corrected chi connectivity index (χ2v) is 7.82. The Labute approximate surface area is 121 Å². The van der Waals surface area contributed by atoms with E-state index in [4.69, 9.17) is 4.74 Å². The van der Waals surface area contributed by atoms with Crippen molar-refractivity contribution in [1.82, 2.24) is 0 Å². The third-order valence-electron chi connectivity index (χ3n) is 3.17. The van der Waals surface area contributed by atoms with Crippen molar-refractivity contribution in [2.24, 2.45) is 5.41 Å². The van der Waals surface area contributed by atoms with Crippen LogP contribution in [0.5, 0.6) is 0 Å². The lowest BCUT2D eigenvalue weighted by atomic mass is 9.83. The number of hydrogen-bond acceptors (Lipinski definition) is 3. The van der Waals surface area contributed by atoms with Crippen molar-refractivity contribution >= 4 is 25.8 Å². The first kappa shape index (κ1) is 18.4. The average molecular weight is 343 g/mol. The lowest BCUT2D eigenvalue weighted by molar-refractivity contribution is 0.199. The normalized spacial score (nSPS) is 12.9. The van der Waals surface area contributed by atoms with Crippen LogP contribution in [0.15, 0.2) is 0 Å². The summed E-state index contributed by atoms with van der Waals surface area (Å²) in [6.45, 7) is 4.75. The first-order valence-corrected chi connectivity index (χ1v) is 9.65. The zero-order chi connectivity index (χ0) is 14.1. The van der Waals surface area contributed by atoms with E-state index in [-0.39, 0.29) is 11.2 Å². The fourth-order valence-corrected chi connectivity index (χ4v) is 5.51. The Morgan fingerprint density at radius 1 is 1.17 bits per heavy atom. The van der Waals surface area contributed by atoms with Crippen molar-refractivity contribution in [3.63, 3.8) is 0 Å². The molecule has 0 N–H and O–H groups in total. The molecule has 0 heterocycles. The molecule has 0 aromatic heterocycles. The van der Waals surface area contributed by atoms with Crippen LogP contribution in [-0.4, -0.2) is 39.0 Å². The predicted octanol–water partition coefficient (Wildman–Crippen LogP) is 3.42. The molecule has 3 nitrogen and oxygen atoms in total. The topological polar surface area (TPSA) is 43.4 Å². The number of halogens is 1. The minimum atomic E-state index is -2.98. The molecule has 0 amide bonds. The molecule has 0 aliphatic heterocycles. The van der Waals surface area contributed by atoms with Crippen LogP contribution in [0.4, 0.5) is 0 Å². The van der Waals surface area contributed by atoms with Crippen LogP contribution in [0.25, 0.3) is 0 Å². The van der Waals surface area contributed by atoms with Gasteiger partial charge in [-0.3, -0.25) is 0 Å². The fourth-order valence-electron chi connectivity index (χ4n) is 2.46. The molecule has 0 aliphatic carbocycles. The van der Waals surface area contributed by atoms with Gasteiger partial charge in [0.1, 0.15) is 0 Å². The van der Waals surface area contributed by atoms with E-state index in [1.807, 2.05) is 0 Å². The van der Waals surface area contributed by atoms with Crippen LogP contribution in [0.1, 0.15) is 46.0 Å². The largest absolute Gasteiger partial charge is 0.385 e. The van der Waals surface area contributed by atoms with E-state index >= 15 is 0 Å². The summed E-state index contributed by atoms with van der Waals surface area (Å²) in [5, 5.41) is 0.769. The highest BCUT2D eigenvalue weighted by Gasteiger charge is 2.32. The first-order chi connectivity index (χ1) is 8.45. The zero-order valence-electron chi connectivity index (χ0n) is 11.9. The van der Waals surface area contributed by atoms with Crippen LogP contribution < -0.4 is 0 Å². The first-order valence-electron chi connectivity index (χ1n) is 6.70. The Bertz CT molecular complexity index is 295. The maximum absolute atomic E-state index is 12.2. The maximum atomic E-state index is 12.2. The van der Waals surface area contributed by atoms with E-state index in [2.05, 4.69) is 29.8 Å². The van der Waals surface area contributed by atoms with Crippen molar-refractivity contribution < 1.29 is 13.2 Å². The van der Waals surface area contributed by atoms with E-state index < -0.39 is 9.84 Å². The molecule has 5 heteroatoms. The molecule has 0 saturated carbocycles. The Kier molecular flexibility index (Phi) is 9.52. The van der Waals surface area contributed by atoms with Crippen molar-refractivity contribution in [3.05, 3.63) is 0 Å². The molecule has 0 aliphatic rings. The van der Waals surface area contributed by atoms with Crippen LogP contribution in [-0.2, 0) is 14.6 Å². The number of sulfone groups is 1. The summed E-state index contributed by atoms with van der Waals surface area (Å²) in [4.78, 5) is 0. The molecule has 0 radical (unpaired) electrons. The molecule has 0 saturated heterocycles. The fraction of sp³-hybridized carbons (Fsp3) is 1.00. The third-order valence-corrected chi connectivity index (χ3v) is 6.33. The average Bonchev–Trinajstić information content (AvgIpc) is 2.29. The molecule has 0 aromatic rings. The number of ether oxygens (including phenoxy) is 1. The summed E-state index contributed by atoms with van der Waals surface area (Å²) in [6.07, 6.45) is 4.58. The second-order valence-electron chi connectivity index (χ2n) is 5.07. The Balaban J connectivity index is 4.63. The summed E-state index contributed by atoms with van der Waals surface area (Å²) in [6, 6.07) is 0. The SMILES string of the molecule is CCCC(CBr)(CCC)CS(=O)(=O)CCCOC. The summed E-state index contributed by atoms with van der Waals surface area (Å²) < 4.78 is 29.2. The van der Waals surface area contributed by atoms with Gasteiger partial charge in [-0.15, -0.1) is 0 Å². The highest BCUT2D eigenvalue weighted by atomic mass is 79.9. The lowest BCUT2D eigenvalue weighted by Gasteiger charge is -2.31. The van der Waals surface area contributed by atoms with Gasteiger partial charge in [0.05, 0.1) is 11.5 Å². The predicted molar refractivity (Wildman–Crippen MR) is 81.2 cm³/mol. The molecule has 110 valence electrons. The van der Waals surface area contributed by atoms with Gasteiger partial charge in [-0.25, -0.2) is 8.42 Å². The van der Waals surface area contributed by atoms with Gasteiger partial charge in [0.15, 0.2) is 9.84 Å². The van der Waals surface area contributed by atoms with Gasteiger partial charge in [0, 0.05) is 19.0 Å². The van der Waals surface area contributed by atoms with Gasteiger partial charge in [-0.1, -0.05) is 42.6 Å². The van der Waals surface area contributed by atoms with Crippen molar-refractivity contribution in [2.75, 3.05) is 30.6 Å². The third kappa shape index (κ3) is 7.10. The Hall–Kier alpha value is 0.390. The number of alkyl halides is 1. The van der Waals surface area contributed by atoms with Crippen LogP contribution in [0.3, 0.4) is 0 Å². The smallest absolute Gasteiger partial charge is 0.150 e. The monoisotopic (exact) mass is 342 g/mol. The quantitative estimate of drug-likeness (QED) is 0.426. The summed E-state index contributed by atoms with van der Waals surface area (Å²) in [5.41, 5.74) is -0.0879. The molecule has 0 spiro atoms. The summed E-state index contributed by atoms with van der Waals surface area (Å²) in [5.74, 6) is 0.541. The Morgan fingerprint density at radius 3 is 2.11 bits per heavy atom. The van der Waals surface area contributed by atoms with E-state index in [1.54, 1.807) is 7.11 Å². The van der Waals surface area contributed by atoms with Gasteiger partial charge in [-0.05, 0) is 24.7 Å². The van der Waals surface area contributed by atoms with Crippen LogP contribution in [0.2, 0.25) is 0 Å². The molecule has 0 fully saturated rings. The number of rotatable bonds is 11. The minimum Gasteiger partial charge on any atom is -0.385 e.